The van der Waals surface area contributed by atoms with Gasteiger partial charge in [0.25, 0.3) is 11.8 Å². The van der Waals surface area contributed by atoms with Crippen LogP contribution >= 0.6 is 0 Å². The SMILES string of the molecule is Cc1ccc(NC(=O)c2cccc(N3CCOCC3)c2)cc1NC(=O)c1cccc(N)c1. The smallest absolute Gasteiger partial charge is 0.255 e. The Kier molecular flexibility index (Phi) is 6.37. The molecule has 7 nitrogen and oxygen atoms in total. The molecule has 1 aliphatic rings. The number of anilines is 4. The van der Waals surface area contributed by atoms with Gasteiger partial charge in [0.2, 0.25) is 0 Å². The molecule has 1 fully saturated rings. The number of carbonyl (C=O) groups excluding carboxylic acids is 2. The molecular weight excluding hydrogens is 404 g/mol. The summed E-state index contributed by atoms with van der Waals surface area (Å²) in [4.78, 5) is 27.7. The highest BCUT2D eigenvalue weighted by Crippen LogP contribution is 2.23. The van der Waals surface area contributed by atoms with Crippen molar-refractivity contribution in [3.8, 4) is 0 Å². The lowest BCUT2D eigenvalue weighted by atomic mass is 10.1. The fourth-order valence-corrected chi connectivity index (χ4v) is 3.58. The molecule has 4 rings (SSSR count). The van der Waals surface area contributed by atoms with Gasteiger partial charge < -0.3 is 26.0 Å². The van der Waals surface area contributed by atoms with Gasteiger partial charge in [-0.25, -0.2) is 0 Å². The summed E-state index contributed by atoms with van der Waals surface area (Å²) in [5.41, 5.74) is 10.4. The molecule has 0 aliphatic carbocycles. The monoisotopic (exact) mass is 430 g/mol. The number of carbonyl (C=O) groups is 2. The normalized spacial score (nSPS) is 13.5. The summed E-state index contributed by atoms with van der Waals surface area (Å²) >= 11 is 0. The molecule has 0 aromatic heterocycles. The molecule has 1 saturated heterocycles. The highest BCUT2D eigenvalue weighted by atomic mass is 16.5. The van der Waals surface area contributed by atoms with Crippen molar-refractivity contribution < 1.29 is 14.3 Å². The predicted molar refractivity (Wildman–Crippen MR) is 127 cm³/mol. The summed E-state index contributed by atoms with van der Waals surface area (Å²) in [6.45, 7) is 4.87. The van der Waals surface area contributed by atoms with Crippen LogP contribution in [0.2, 0.25) is 0 Å². The first kappa shape index (κ1) is 21.4. The van der Waals surface area contributed by atoms with Gasteiger partial charge in [0, 0.05) is 47.0 Å². The Bertz CT molecular complexity index is 1140. The maximum absolute atomic E-state index is 12.9. The van der Waals surface area contributed by atoms with Crippen LogP contribution < -0.4 is 21.3 Å². The average molecular weight is 431 g/mol. The van der Waals surface area contributed by atoms with E-state index in [0.717, 1.165) is 24.3 Å². The minimum atomic E-state index is -0.262. The number of nitrogens with zero attached hydrogens (tertiary/aromatic N) is 1. The van der Waals surface area contributed by atoms with Gasteiger partial charge in [-0.3, -0.25) is 9.59 Å². The van der Waals surface area contributed by atoms with E-state index in [1.165, 1.54) is 0 Å². The fourth-order valence-electron chi connectivity index (χ4n) is 3.58. The quantitative estimate of drug-likeness (QED) is 0.533. The van der Waals surface area contributed by atoms with Crippen LogP contribution in [-0.2, 0) is 4.74 Å². The topological polar surface area (TPSA) is 96.7 Å². The fraction of sp³-hybridized carbons (Fsp3) is 0.200. The third-order valence-electron chi connectivity index (χ3n) is 5.38. The van der Waals surface area contributed by atoms with Gasteiger partial charge in [-0.1, -0.05) is 18.2 Å². The molecule has 0 saturated carbocycles. The van der Waals surface area contributed by atoms with E-state index >= 15 is 0 Å². The van der Waals surface area contributed by atoms with Crippen LogP contribution in [0.3, 0.4) is 0 Å². The van der Waals surface area contributed by atoms with Crippen LogP contribution in [0, 0.1) is 6.92 Å². The Labute approximate surface area is 187 Å². The Hall–Kier alpha value is -3.84. The van der Waals surface area contributed by atoms with Crippen LogP contribution in [0.4, 0.5) is 22.7 Å². The standard InChI is InChI=1S/C25H26N4O3/c1-17-8-9-21(16-23(17)28-25(31)18-4-2-6-20(26)14-18)27-24(30)19-5-3-7-22(15-19)29-10-12-32-13-11-29/h2-9,14-16H,10-13,26H2,1H3,(H,27,30)(H,28,31). The molecule has 1 heterocycles. The van der Waals surface area contributed by atoms with Gasteiger partial charge in [0.1, 0.15) is 0 Å². The zero-order chi connectivity index (χ0) is 22.5. The van der Waals surface area contributed by atoms with Crippen molar-refractivity contribution >= 4 is 34.6 Å². The number of ether oxygens (including phenoxy) is 1. The minimum absolute atomic E-state index is 0.211. The molecule has 1 aliphatic heterocycles. The second-order valence-corrected chi connectivity index (χ2v) is 7.71. The summed E-state index contributed by atoms with van der Waals surface area (Å²) in [5, 5.41) is 5.82. The van der Waals surface area contributed by atoms with Gasteiger partial charge in [0.05, 0.1) is 13.2 Å². The lowest BCUT2D eigenvalue weighted by Crippen LogP contribution is -2.36. The number of nitrogen functional groups attached to an aromatic ring is 1. The number of nitrogens with one attached hydrogen (secondary N) is 2. The number of hydrogen-bond acceptors (Lipinski definition) is 5. The van der Waals surface area contributed by atoms with Gasteiger partial charge in [0.15, 0.2) is 0 Å². The summed E-state index contributed by atoms with van der Waals surface area (Å²) in [7, 11) is 0. The lowest BCUT2D eigenvalue weighted by molar-refractivity contribution is 0.101. The number of rotatable bonds is 5. The predicted octanol–water partition coefficient (Wildman–Crippen LogP) is 3.92. The summed E-state index contributed by atoms with van der Waals surface area (Å²) < 4.78 is 5.40. The number of aryl methyl sites for hydroxylation is 1. The number of benzene rings is 3. The second-order valence-electron chi connectivity index (χ2n) is 7.71. The molecule has 0 radical (unpaired) electrons. The van der Waals surface area contributed by atoms with E-state index in [9.17, 15) is 9.59 Å². The first-order valence-electron chi connectivity index (χ1n) is 10.5. The summed E-state index contributed by atoms with van der Waals surface area (Å²) in [6.07, 6.45) is 0. The third kappa shape index (κ3) is 5.07. The summed E-state index contributed by atoms with van der Waals surface area (Å²) in [5.74, 6) is -0.473. The zero-order valence-corrected chi connectivity index (χ0v) is 17.9. The van der Waals surface area contributed by atoms with Gasteiger partial charge in [-0.05, 0) is 61.0 Å². The van der Waals surface area contributed by atoms with Crippen molar-refractivity contribution in [1.29, 1.82) is 0 Å². The molecule has 164 valence electrons. The zero-order valence-electron chi connectivity index (χ0n) is 17.9. The van der Waals surface area contributed by atoms with Crippen LogP contribution in [0.15, 0.2) is 66.7 Å². The van der Waals surface area contributed by atoms with Crippen molar-refractivity contribution in [2.45, 2.75) is 6.92 Å². The van der Waals surface area contributed by atoms with Crippen LogP contribution in [0.5, 0.6) is 0 Å². The second kappa shape index (κ2) is 9.53. The minimum Gasteiger partial charge on any atom is -0.399 e. The molecule has 0 unspecified atom stereocenters. The molecule has 32 heavy (non-hydrogen) atoms. The molecule has 7 heteroatoms. The van der Waals surface area contributed by atoms with Crippen LogP contribution in [0.25, 0.3) is 0 Å². The molecule has 3 aromatic carbocycles. The number of amides is 2. The average Bonchev–Trinajstić information content (AvgIpc) is 2.82. The molecular formula is C25H26N4O3. The van der Waals surface area contributed by atoms with Gasteiger partial charge in [-0.2, -0.15) is 0 Å². The number of hydrogen-bond donors (Lipinski definition) is 3. The van der Waals surface area contributed by atoms with Gasteiger partial charge >= 0.3 is 0 Å². The Morgan fingerprint density at radius 1 is 0.875 bits per heavy atom. The highest BCUT2D eigenvalue weighted by Gasteiger charge is 2.14. The maximum atomic E-state index is 12.9. The maximum Gasteiger partial charge on any atom is 0.255 e. The Balaban J connectivity index is 1.48. The van der Waals surface area contributed by atoms with Crippen molar-refractivity contribution in [2.24, 2.45) is 0 Å². The molecule has 0 bridgehead atoms. The largest absolute Gasteiger partial charge is 0.399 e. The van der Waals surface area contributed by atoms with E-state index in [2.05, 4.69) is 15.5 Å². The molecule has 2 amide bonds. The van der Waals surface area contributed by atoms with Crippen molar-refractivity contribution in [3.63, 3.8) is 0 Å². The van der Waals surface area contributed by atoms with E-state index in [1.54, 1.807) is 36.4 Å². The Morgan fingerprint density at radius 3 is 2.31 bits per heavy atom. The van der Waals surface area contributed by atoms with E-state index in [1.807, 2.05) is 37.3 Å². The van der Waals surface area contributed by atoms with Crippen molar-refractivity contribution in [2.75, 3.05) is 47.6 Å². The van der Waals surface area contributed by atoms with Gasteiger partial charge in [-0.15, -0.1) is 0 Å². The highest BCUT2D eigenvalue weighted by molar-refractivity contribution is 6.07. The molecule has 0 spiro atoms. The number of morpholine rings is 1. The van der Waals surface area contributed by atoms with Crippen LogP contribution in [0.1, 0.15) is 26.3 Å². The van der Waals surface area contributed by atoms with E-state index in [-0.39, 0.29) is 11.8 Å². The first-order valence-corrected chi connectivity index (χ1v) is 10.5. The van der Waals surface area contributed by atoms with Crippen LogP contribution in [-0.4, -0.2) is 38.1 Å². The Morgan fingerprint density at radius 2 is 1.56 bits per heavy atom. The molecule has 3 aromatic rings. The summed E-state index contributed by atoms with van der Waals surface area (Å²) in [6, 6.07) is 19.8. The molecule has 4 N–H and O–H groups in total. The van der Waals surface area contributed by atoms with E-state index in [4.69, 9.17) is 10.5 Å². The van der Waals surface area contributed by atoms with E-state index in [0.29, 0.717) is 41.4 Å². The molecule has 0 atom stereocenters. The van der Waals surface area contributed by atoms with Crippen molar-refractivity contribution in [1.82, 2.24) is 0 Å². The van der Waals surface area contributed by atoms with E-state index < -0.39 is 0 Å². The number of nitrogens with two attached hydrogens (primary N) is 1. The third-order valence-corrected chi connectivity index (χ3v) is 5.38. The van der Waals surface area contributed by atoms with Crippen molar-refractivity contribution in [3.05, 3.63) is 83.4 Å². The lowest BCUT2D eigenvalue weighted by Gasteiger charge is -2.29. The first-order chi connectivity index (χ1) is 15.5.